The second-order valence-electron chi connectivity index (χ2n) is 12.1. The molecule has 2 atom stereocenters. The van der Waals surface area contributed by atoms with Crippen LogP contribution in [0.15, 0.2) is 30.3 Å². The van der Waals surface area contributed by atoms with Gasteiger partial charge < -0.3 is 20.2 Å². The summed E-state index contributed by atoms with van der Waals surface area (Å²) >= 11 is 0. The fraction of sp³-hybridized carbons (Fsp3) is 0.613. The molecule has 2 saturated heterocycles. The standard InChI is InChI=1S/C31H42N6O3/c1-21(38)35-15-11-25(12-16-35)32-29-18-26(33-30(34-29)23-7-3-4-8-23)31(40)37-17-13-27(28(39)20-37)36-14-10-22-6-2-5-9-24(22)19-36/h2,5-6,9,18,23,25,27-28,39H,3-4,7-8,10-17,19-20H2,1H3,(H,32,33,34)/t27-,28-/m1/s1. The highest BCUT2D eigenvalue weighted by molar-refractivity contribution is 5.93. The van der Waals surface area contributed by atoms with E-state index in [-0.39, 0.29) is 29.8 Å². The van der Waals surface area contributed by atoms with Gasteiger partial charge >= 0.3 is 0 Å². The van der Waals surface area contributed by atoms with Crippen LogP contribution in [0.3, 0.4) is 0 Å². The first kappa shape index (κ1) is 27.1. The van der Waals surface area contributed by atoms with E-state index >= 15 is 0 Å². The molecule has 1 aromatic carbocycles. The third kappa shape index (κ3) is 5.86. The number of benzene rings is 1. The van der Waals surface area contributed by atoms with Crippen LogP contribution in [0.25, 0.3) is 0 Å². The van der Waals surface area contributed by atoms with Gasteiger partial charge in [-0.25, -0.2) is 9.97 Å². The second-order valence-corrected chi connectivity index (χ2v) is 12.1. The Labute approximate surface area is 237 Å². The quantitative estimate of drug-likeness (QED) is 0.594. The van der Waals surface area contributed by atoms with Gasteiger partial charge in [-0.2, -0.15) is 0 Å². The van der Waals surface area contributed by atoms with Gasteiger partial charge in [0.1, 0.15) is 17.3 Å². The number of nitrogens with zero attached hydrogens (tertiary/aromatic N) is 5. The summed E-state index contributed by atoms with van der Waals surface area (Å²) in [6, 6.07) is 10.6. The lowest BCUT2D eigenvalue weighted by Crippen LogP contribution is -2.56. The van der Waals surface area contributed by atoms with Gasteiger partial charge in [0, 0.05) is 70.3 Å². The number of hydrogen-bond acceptors (Lipinski definition) is 7. The van der Waals surface area contributed by atoms with Gasteiger partial charge in [-0.1, -0.05) is 37.1 Å². The van der Waals surface area contributed by atoms with Crippen molar-refractivity contribution < 1.29 is 14.7 Å². The Morgan fingerprint density at radius 3 is 2.38 bits per heavy atom. The van der Waals surface area contributed by atoms with Crippen LogP contribution in [0.5, 0.6) is 0 Å². The lowest BCUT2D eigenvalue weighted by atomic mass is 9.94. The highest BCUT2D eigenvalue weighted by Crippen LogP contribution is 2.33. The number of carbonyl (C=O) groups is 2. The summed E-state index contributed by atoms with van der Waals surface area (Å²) in [6.07, 6.45) is 7.29. The zero-order valence-corrected chi connectivity index (χ0v) is 23.6. The maximum Gasteiger partial charge on any atom is 0.272 e. The topological polar surface area (TPSA) is 102 Å². The first-order valence-corrected chi connectivity index (χ1v) is 15.1. The van der Waals surface area contributed by atoms with Gasteiger partial charge in [-0.05, 0) is 49.7 Å². The van der Waals surface area contributed by atoms with Crippen LogP contribution >= 0.6 is 0 Å². The molecule has 4 aliphatic rings. The molecular formula is C31H42N6O3. The van der Waals surface area contributed by atoms with Crippen molar-refractivity contribution in [3.63, 3.8) is 0 Å². The van der Waals surface area contributed by atoms with Crippen molar-refractivity contribution in [2.24, 2.45) is 0 Å². The van der Waals surface area contributed by atoms with Crippen molar-refractivity contribution in [2.75, 3.05) is 38.0 Å². The van der Waals surface area contributed by atoms with Crippen LogP contribution in [-0.4, -0.2) is 92.5 Å². The number of amides is 2. The molecule has 0 radical (unpaired) electrons. The fourth-order valence-corrected chi connectivity index (χ4v) is 7.06. The molecule has 3 fully saturated rings. The van der Waals surface area contributed by atoms with Crippen molar-refractivity contribution in [1.29, 1.82) is 0 Å². The molecule has 9 heteroatoms. The first-order valence-electron chi connectivity index (χ1n) is 15.1. The molecule has 2 N–H and O–H groups in total. The van der Waals surface area contributed by atoms with E-state index in [2.05, 4.69) is 34.5 Å². The summed E-state index contributed by atoms with van der Waals surface area (Å²) in [4.78, 5) is 41.2. The van der Waals surface area contributed by atoms with E-state index in [4.69, 9.17) is 9.97 Å². The monoisotopic (exact) mass is 546 g/mol. The van der Waals surface area contributed by atoms with E-state index in [1.165, 1.54) is 24.0 Å². The zero-order valence-electron chi connectivity index (χ0n) is 23.6. The Morgan fingerprint density at radius 2 is 1.65 bits per heavy atom. The molecule has 3 aliphatic heterocycles. The SMILES string of the molecule is CC(=O)N1CCC(Nc2cc(C(=O)N3CC[C@@H](N4CCc5ccccc5C4)[C@H](O)C3)nc(C3CCCC3)n2)CC1. The Balaban J connectivity index is 1.14. The van der Waals surface area contributed by atoms with Crippen molar-refractivity contribution >= 4 is 17.6 Å². The predicted molar refractivity (Wildman–Crippen MR) is 153 cm³/mol. The number of β-amino-alcohol motifs (C(OH)–C–C–N with tert-alkyl or cyclic N) is 1. The third-order valence-corrected chi connectivity index (χ3v) is 9.44. The summed E-state index contributed by atoms with van der Waals surface area (Å²) in [6.45, 7) is 5.79. The molecule has 9 nitrogen and oxygen atoms in total. The van der Waals surface area contributed by atoms with Crippen LogP contribution in [0, 0.1) is 0 Å². The zero-order chi connectivity index (χ0) is 27.6. The van der Waals surface area contributed by atoms with Crippen LogP contribution in [0.1, 0.15) is 85.2 Å². The Kier molecular flexibility index (Phi) is 8.03. The minimum Gasteiger partial charge on any atom is -0.390 e. The normalized spacial score (nSPS) is 24.6. The minimum atomic E-state index is -0.594. The van der Waals surface area contributed by atoms with Gasteiger partial charge in [-0.15, -0.1) is 0 Å². The Bertz CT molecular complexity index is 1220. The number of rotatable bonds is 5. The van der Waals surface area contributed by atoms with Crippen molar-refractivity contribution in [3.05, 3.63) is 53.0 Å². The minimum absolute atomic E-state index is 0.0509. The molecule has 214 valence electrons. The number of hydrogen-bond donors (Lipinski definition) is 2. The first-order chi connectivity index (χ1) is 19.4. The van der Waals surface area contributed by atoms with Crippen LogP contribution in [0.4, 0.5) is 5.82 Å². The molecule has 0 spiro atoms. The molecule has 1 saturated carbocycles. The summed E-state index contributed by atoms with van der Waals surface area (Å²) in [5, 5.41) is 14.7. The van der Waals surface area contributed by atoms with Crippen LogP contribution < -0.4 is 5.32 Å². The molecule has 0 unspecified atom stereocenters. The molecule has 4 heterocycles. The van der Waals surface area contributed by atoms with Gasteiger partial charge in [0.2, 0.25) is 5.91 Å². The summed E-state index contributed by atoms with van der Waals surface area (Å²) in [5.41, 5.74) is 3.15. The maximum atomic E-state index is 13.8. The molecule has 2 amide bonds. The van der Waals surface area contributed by atoms with Crippen molar-refractivity contribution in [1.82, 2.24) is 24.7 Å². The van der Waals surface area contributed by atoms with E-state index in [1.807, 2.05) is 4.90 Å². The van der Waals surface area contributed by atoms with Crippen LogP contribution in [0.2, 0.25) is 0 Å². The van der Waals surface area contributed by atoms with E-state index in [9.17, 15) is 14.7 Å². The van der Waals surface area contributed by atoms with E-state index in [1.54, 1.807) is 17.9 Å². The summed E-state index contributed by atoms with van der Waals surface area (Å²) < 4.78 is 0. The van der Waals surface area contributed by atoms with Crippen molar-refractivity contribution in [3.8, 4) is 0 Å². The molecule has 6 rings (SSSR count). The summed E-state index contributed by atoms with van der Waals surface area (Å²) in [5.74, 6) is 1.73. The molecule has 2 aromatic rings. The van der Waals surface area contributed by atoms with Crippen LogP contribution in [-0.2, 0) is 17.8 Å². The fourth-order valence-electron chi connectivity index (χ4n) is 7.06. The maximum absolute atomic E-state index is 13.8. The number of nitrogens with one attached hydrogen (secondary N) is 1. The number of aromatic nitrogens is 2. The number of anilines is 1. The lowest BCUT2D eigenvalue weighted by Gasteiger charge is -2.43. The van der Waals surface area contributed by atoms with E-state index < -0.39 is 6.10 Å². The number of carbonyl (C=O) groups excluding carboxylic acids is 2. The van der Waals surface area contributed by atoms with Crippen molar-refractivity contribution in [2.45, 2.75) is 88.9 Å². The van der Waals surface area contributed by atoms with Gasteiger partial charge in [0.15, 0.2) is 0 Å². The summed E-state index contributed by atoms with van der Waals surface area (Å²) in [7, 11) is 0. The molecule has 1 aromatic heterocycles. The number of aliphatic hydroxyl groups is 1. The average Bonchev–Trinajstić information content (AvgIpc) is 3.52. The van der Waals surface area contributed by atoms with Gasteiger partial charge in [0.05, 0.1) is 6.10 Å². The smallest absolute Gasteiger partial charge is 0.272 e. The molecular weight excluding hydrogens is 504 g/mol. The third-order valence-electron chi connectivity index (χ3n) is 9.44. The number of likely N-dealkylation sites (tertiary alicyclic amines) is 2. The molecule has 40 heavy (non-hydrogen) atoms. The lowest BCUT2D eigenvalue weighted by molar-refractivity contribution is -0.129. The number of piperidine rings is 2. The largest absolute Gasteiger partial charge is 0.390 e. The second kappa shape index (κ2) is 11.8. The highest BCUT2D eigenvalue weighted by Gasteiger charge is 2.36. The molecule has 0 bridgehead atoms. The highest BCUT2D eigenvalue weighted by atomic mass is 16.3. The van der Waals surface area contributed by atoms with E-state index in [0.717, 1.165) is 70.5 Å². The number of fused-ring (bicyclic) bond motifs is 1. The Morgan fingerprint density at radius 1 is 0.925 bits per heavy atom. The van der Waals surface area contributed by atoms with E-state index in [0.29, 0.717) is 24.6 Å². The molecule has 1 aliphatic carbocycles. The predicted octanol–water partition coefficient (Wildman–Crippen LogP) is 3.19. The van der Waals surface area contributed by atoms with Gasteiger partial charge in [-0.3, -0.25) is 14.5 Å². The van der Waals surface area contributed by atoms with Gasteiger partial charge in [0.25, 0.3) is 5.91 Å². The average molecular weight is 547 g/mol. The Hall–Kier alpha value is -3.04. The number of aliphatic hydroxyl groups excluding tert-OH is 1.